The van der Waals surface area contributed by atoms with Crippen LogP contribution in [0.3, 0.4) is 0 Å². The van der Waals surface area contributed by atoms with E-state index in [9.17, 15) is 47.9 Å². The van der Waals surface area contributed by atoms with Gasteiger partial charge in [-0.1, -0.05) is 78.9 Å². The molecule has 0 radical (unpaired) electrons. The molecule has 8 rings (SSSR count). The van der Waals surface area contributed by atoms with Gasteiger partial charge in [-0.3, -0.25) is 52.9 Å². The van der Waals surface area contributed by atoms with Gasteiger partial charge in [-0.2, -0.15) is 0 Å². The molecule has 0 saturated carbocycles. The van der Waals surface area contributed by atoms with E-state index >= 15 is 0 Å². The summed E-state index contributed by atoms with van der Waals surface area (Å²) in [6, 6.07) is 12.8. The van der Waals surface area contributed by atoms with E-state index in [4.69, 9.17) is 11.5 Å². The Labute approximate surface area is 485 Å². The van der Waals surface area contributed by atoms with Crippen molar-refractivity contribution in [3.05, 3.63) is 126 Å². The predicted molar refractivity (Wildman–Crippen MR) is 308 cm³/mol. The molecule has 3 saturated heterocycles. The molecule has 0 aliphatic carbocycles. The number of nitrogens with two attached hydrogens (primary N) is 2. The summed E-state index contributed by atoms with van der Waals surface area (Å²) in [6.07, 6.45) is 4.88. The molecular formula is C59H73N15O10. The van der Waals surface area contributed by atoms with Crippen LogP contribution in [0.25, 0.3) is 10.9 Å². The fraction of sp³-hybridized carbons (Fsp3) is 0.424. The first-order valence-corrected chi connectivity index (χ1v) is 28.3. The summed E-state index contributed by atoms with van der Waals surface area (Å²) in [6.45, 7) is 3.40. The lowest BCUT2D eigenvalue weighted by Gasteiger charge is -2.33. The maximum Gasteiger partial charge on any atom is 0.246 e. The number of nitrogens with zero attached hydrogens (tertiary/aromatic N) is 4. The fourth-order valence-electron chi connectivity index (χ4n) is 10.9. The molecular weight excluding hydrogens is 1080 g/mol. The summed E-state index contributed by atoms with van der Waals surface area (Å²) in [5.74, 6) is -7.66. The van der Waals surface area contributed by atoms with Crippen molar-refractivity contribution in [1.29, 1.82) is 0 Å². The summed E-state index contributed by atoms with van der Waals surface area (Å²) >= 11 is 0. The second-order valence-electron chi connectivity index (χ2n) is 21.5. The van der Waals surface area contributed by atoms with Crippen LogP contribution < -0.4 is 48.7 Å². The van der Waals surface area contributed by atoms with Crippen molar-refractivity contribution >= 4 is 75.8 Å². The van der Waals surface area contributed by atoms with Crippen LogP contribution in [0.1, 0.15) is 81.2 Å². The maximum absolute atomic E-state index is 14.9. The van der Waals surface area contributed by atoms with Gasteiger partial charge in [0.25, 0.3) is 0 Å². The molecule has 25 heteroatoms. The average Bonchev–Trinajstić information content (AvgIpc) is 4.54. The first-order valence-electron chi connectivity index (χ1n) is 28.3. The first kappa shape index (κ1) is 60.7. The lowest BCUT2D eigenvalue weighted by molar-refractivity contribution is -0.148. The maximum atomic E-state index is 14.9. The lowest BCUT2D eigenvalue weighted by Crippen LogP contribution is -2.61. The number of primary amides is 1. The molecule has 444 valence electrons. The third-order valence-electron chi connectivity index (χ3n) is 15.3. The molecule has 3 fully saturated rings. The van der Waals surface area contributed by atoms with Crippen molar-refractivity contribution in [3.8, 4) is 0 Å². The number of amides is 10. The van der Waals surface area contributed by atoms with Crippen LogP contribution in [0.15, 0.2) is 109 Å². The molecule has 9 atom stereocenters. The number of H-pyrrole nitrogens is 2. The number of aromatic nitrogens is 3. The number of hydrogen-bond acceptors (Lipinski definition) is 12. The van der Waals surface area contributed by atoms with Crippen molar-refractivity contribution < 1.29 is 47.9 Å². The Morgan fingerprint density at radius 2 is 1.10 bits per heavy atom. The van der Waals surface area contributed by atoms with Crippen LogP contribution in [0.2, 0.25) is 0 Å². The number of aliphatic imine (C=N–C) groups is 1. The van der Waals surface area contributed by atoms with Gasteiger partial charge in [0.15, 0.2) is 0 Å². The molecule has 2 aromatic heterocycles. The molecule has 3 aromatic carbocycles. The number of fused-ring (bicyclic) bond motifs is 3. The lowest BCUT2D eigenvalue weighted by atomic mass is 10.0. The Morgan fingerprint density at radius 1 is 0.571 bits per heavy atom. The molecule has 3 aliphatic heterocycles. The summed E-state index contributed by atoms with van der Waals surface area (Å²) in [7, 11) is 0. The van der Waals surface area contributed by atoms with E-state index in [0.717, 1.165) is 0 Å². The van der Waals surface area contributed by atoms with Crippen LogP contribution in [0.4, 0.5) is 0 Å². The Balaban J connectivity index is 1.18. The number of carbonyl (C=O) groups excluding carboxylic acids is 10. The van der Waals surface area contributed by atoms with Gasteiger partial charge in [0.2, 0.25) is 59.1 Å². The molecule has 0 spiro atoms. The van der Waals surface area contributed by atoms with Crippen molar-refractivity contribution in [1.82, 2.24) is 62.0 Å². The second-order valence-corrected chi connectivity index (χ2v) is 21.5. The normalized spacial score (nSPS) is 24.9. The Bertz CT molecular complexity index is 3200. The number of rotatable bonds is 14. The van der Waals surface area contributed by atoms with Crippen molar-refractivity contribution in [2.24, 2.45) is 16.5 Å². The van der Waals surface area contributed by atoms with Gasteiger partial charge in [0.05, 0.1) is 18.6 Å². The molecule has 5 aromatic rings. The van der Waals surface area contributed by atoms with Gasteiger partial charge in [0, 0.05) is 74.3 Å². The number of hydrogen-bond donors (Lipinski definition) is 11. The Morgan fingerprint density at radius 3 is 1.73 bits per heavy atom. The molecule has 13 N–H and O–H groups in total. The van der Waals surface area contributed by atoms with Gasteiger partial charge in [-0.05, 0) is 75.1 Å². The quantitative estimate of drug-likeness (QED) is 0.0385. The van der Waals surface area contributed by atoms with E-state index in [1.54, 1.807) is 85.9 Å². The number of para-hydroxylation sites is 1. The average molecular weight is 1150 g/mol. The van der Waals surface area contributed by atoms with E-state index in [0.29, 0.717) is 46.1 Å². The zero-order chi connectivity index (χ0) is 59.9. The summed E-state index contributed by atoms with van der Waals surface area (Å²) in [5, 5.41) is 19.9. The Hall–Kier alpha value is -9.42. The standard InChI is InChI=1S/C59H73N15O10/c1-34-51(76)72-47(27-37-16-7-4-8-17-37)58(83)74-25-13-22-49(74)59(84)73-24-12-21-48(73)57(82)71-45(29-39-32-62-33-65-39)56(81)68-43(26-36-14-5-3-6-15-36)54(79)67-42(20-11-23-63-35(2)60)52(77)69-44(28-38-31-64-41-19-10-9-18-40(38)41)55(80)70-46(30-50(61)75)53(78)66-34/h3-10,14-19,31-34,42-49,64H,11-13,20-30H2,1-2H3,(H2,60,63)(H2,61,75)(H,62,65)(H,66,78)(H,67,79)(H,68,81)(H,69,77)(H,70,80)(H,71,82)(H,72,76)/t34-,42-,43+,44-,45-,46-,47-,48-,49+/m0/s1. The minimum atomic E-state index is -1.70. The van der Waals surface area contributed by atoms with E-state index < -0.39 is 120 Å². The van der Waals surface area contributed by atoms with Crippen LogP contribution in [-0.2, 0) is 73.6 Å². The second kappa shape index (κ2) is 28.5. The molecule has 0 bridgehead atoms. The zero-order valence-corrected chi connectivity index (χ0v) is 46.9. The van der Waals surface area contributed by atoms with E-state index in [-0.39, 0.29) is 76.8 Å². The SMILES string of the molecule is CC(N)=NCCC[C@@H]1NC(=O)[C@@H](Cc2ccccc2)NC(=O)[C@H](Cc2cnc[nH]2)NC(=O)[C@@H]2CCCN2C(=O)[C@H]2CCCN2C(=O)[C@H](Cc2ccccc2)NC(=O)[C@H](C)NC(=O)[C@H](CC(N)=O)NC(=O)[C@H](Cc2c[nH]c3ccccc23)NC1=O. The first-order chi connectivity index (χ1) is 40.4. The largest absolute Gasteiger partial charge is 0.388 e. The van der Waals surface area contributed by atoms with Gasteiger partial charge in [0.1, 0.15) is 54.4 Å². The van der Waals surface area contributed by atoms with E-state index in [1.807, 2.05) is 12.1 Å². The highest BCUT2D eigenvalue weighted by Gasteiger charge is 2.45. The minimum absolute atomic E-state index is 0.0165. The van der Waals surface area contributed by atoms with Crippen LogP contribution >= 0.6 is 0 Å². The predicted octanol–water partition coefficient (Wildman–Crippen LogP) is -0.397. The van der Waals surface area contributed by atoms with Gasteiger partial charge >= 0.3 is 0 Å². The fourth-order valence-corrected chi connectivity index (χ4v) is 10.9. The number of imidazole rings is 1. The molecule has 84 heavy (non-hydrogen) atoms. The number of benzene rings is 3. The molecule has 10 amide bonds. The van der Waals surface area contributed by atoms with Crippen molar-refractivity contribution in [2.75, 3.05) is 19.6 Å². The molecule has 5 heterocycles. The van der Waals surface area contributed by atoms with Crippen LogP contribution in [-0.4, -0.2) is 164 Å². The van der Waals surface area contributed by atoms with Crippen molar-refractivity contribution in [3.63, 3.8) is 0 Å². The number of carbonyl (C=O) groups is 10. The van der Waals surface area contributed by atoms with Crippen LogP contribution in [0.5, 0.6) is 0 Å². The third-order valence-corrected chi connectivity index (χ3v) is 15.3. The summed E-state index contributed by atoms with van der Waals surface area (Å²) < 4.78 is 0. The van der Waals surface area contributed by atoms with E-state index in [2.05, 4.69) is 57.2 Å². The number of aromatic amines is 2. The summed E-state index contributed by atoms with van der Waals surface area (Å²) in [4.78, 5) is 162. The highest BCUT2D eigenvalue weighted by molar-refractivity contribution is 6.00. The van der Waals surface area contributed by atoms with Crippen LogP contribution in [0, 0.1) is 0 Å². The smallest absolute Gasteiger partial charge is 0.246 e. The highest BCUT2D eigenvalue weighted by Crippen LogP contribution is 2.27. The molecule has 0 unspecified atom stereocenters. The number of amidine groups is 1. The van der Waals surface area contributed by atoms with E-state index in [1.165, 1.54) is 29.2 Å². The monoisotopic (exact) mass is 1150 g/mol. The highest BCUT2D eigenvalue weighted by atomic mass is 16.2. The van der Waals surface area contributed by atoms with Gasteiger partial charge in [-0.15, -0.1) is 0 Å². The topological polar surface area (TPSA) is 370 Å². The Kier molecular flexibility index (Phi) is 20.6. The zero-order valence-electron chi connectivity index (χ0n) is 46.9. The summed E-state index contributed by atoms with van der Waals surface area (Å²) in [5.41, 5.74) is 14.5. The van der Waals surface area contributed by atoms with Gasteiger partial charge in [-0.25, -0.2) is 4.98 Å². The minimum Gasteiger partial charge on any atom is -0.388 e. The molecule has 3 aliphatic rings. The van der Waals surface area contributed by atoms with Crippen molar-refractivity contribution in [2.45, 2.75) is 139 Å². The van der Waals surface area contributed by atoms with Gasteiger partial charge < -0.3 is 68.5 Å². The molecule has 25 nitrogen and oxygen atoms in total. The third kappa shape index (κ3) is 16.0. The number of nitrogens with one attached hydrogen (secondary N) is 9.